The molecule has 0 saturated heterocycles. The van der Waals surface area contributed by atoms with Gasteiger partial charge < -0.3 is 4.74 Å². The van der Waals surface area contributed by atoms with Crippen LogP contribution in [0.15, 0.2) is 11.0 Å². The summed E-state index contributed by atoms with van der Waals surface area (Å²) in [5.74, 6) is -1.53. The zero-order chi connectivity index (χ0) is 13.7. The number of likely N-dealkylation sites (N-methyl/N-ethyl adjacent to an activating group) is 1. The number of hydrogen-bond donors (Lipinski definition) is 0. The first-order chi connectivity index (χ1) is 8.30. The molecular formula is C9H8ClNO5S2. The van der Waals surface area contributed by atoms with Gasteiger partial charge in [0.25, 0.3) is 0 Å². The molecule has 0 aliphatic carbocycles. The van der Waals surface area contributed by atoms with E-state index >= 15 is 0 Å². The number of esters is 1. The standard InChI is InChI=1S/C9H8ClNO5S2/c1-11-6(9(13)16-2)7(12)8-4(18(11,14)15)3-5(10)17-8/h3,6H,1-2H3. The molecule has 0 saturated carbocycles. The number of Topliss-reactive ketones (excluding diaryl/α,β-unsaturated/α-hetero) is 1. The topological polar surface area (TPSA) is 80.8 Å². The highest BCUT2D eigenvalue weighted by molar-refractivity contribution is 7.89. The fraction of sp³-hybridized carbons (Fsp3) is 0.333. The number of thiophene rings is 1. The van der Waals surface area contributed by atoms with Crippen molar-refractivity contribution in [3.05, 3.63) is 15.3 Å². The summed E-state index contributed by atoms with van der Waals surface area (Å²) in [5, 5.41) is 0. The zero-order valence-electron chi connectivity index (χ0n) is 9.34. The first-order valence-electron chi connectivity index (χ1n) is 4.70. The fourth-order valence-electron chi connectivity index (χ4n) is 1.66. The Morgan fingerprint density at radius 1 is 1.56 bits per heavy atom. The van der Waals surface area contributed by atoms with E-state index in [0.29, 0.717) is 4.31 Å². The molecule has 0 aromatic carbocycles. The fourth-order valence-corrected chi connectivity index (χ4v) is 4.70. The summed E-state index contributed by atoms with van der Waals surface area (Å²) in [6, 6.07) is -0.277. The van der Waals surface area contributed by atoms with E-state index in [1.807, 2.05) is 0 Å². The number of ketones is 1. The van der Waals surface area contributed by atoms with Crippen LogP contribution in [0.25, 0.3) is 0 Å². The van der Waals surface area contributed by atoms with E-state index in [0.717, 1.165) is 25.5 Å². The van der Waals surface area contributed by atoms with Gasteiger partial charge in [0.1, 0.15) is 4.90 Å². The van der Waals surface area contributed by atoms with Crippen LogP contribution in [0.1, 0.15) is 9.67 Å². The number of ether oxygens (including phenoxy) is 1. The number of halogens is 1. The Balaban J connectivity index is 2.68. The van der Waals surface area contributed by atoms with Gasteiger partial charge in [-0.2, -0.15) is 4.31 Å². The minimum atomic E-state index is -3.90. The van der Waals surface area contributed by atoms with Gasteiger partial charge in [-0.3, -0.25) is 4.79 Å². The first-order valence-corrected chi connectivity index (χ1v) is 7.33. The summed E-state index contributed by atoms with van der Waals surface area (Å²) < 4.78 is 29.5. The monoisotopic (exact) mass is 309 g/mol. The lowest BCUT2D eigenvalue weighted by Gasteiger charge is -2.28. The molecule has 1 atom stereocenters. The van der Waals surface area contributed by atoms with Crippen LogP contribution in [0.4, 0.5) is 0 Å². The van der Waals surface area contributed by atoms with Crippen molar-refractivity contribution < 1.29 is 22.7 Å². The second-order valence-corrected chi connectivity index (χ2v) is 7.20. The largest absolute Gasteiger partial charge is 0.467 e. The molecule has 0 N–H and O–H groups in total. The second-order valence-electron chi connectivity index (χ2n) is 3.56. The van der Waals surface area contributed by atoms with Crippen LogP contribution in [0.5, 0.6) is 0 Å². The van der Waals surface area contributed by atoms with Gasteiger partial charge in [-0.05, 0) is 6.07 Å². The van der Waals surface area contributed by atoms with Crippen molar-refractivity contribution in [1.29, 1.82) is 0 Å². The minimum Gasteiger partial charge on any atom is -0.467 e. The maximum absolute atomic E-state index is 12.1. The Kier molecular flexibility index (Phi) is 3.22. The number of fused-ring (bicyclic) bond motifs is 1. The molecule has 2 heterocycles. The molecule has 1 aliphatic heterocycles. The van der Waals surface area contributed by atoms with Crippen molar-refractivity contribution in [2.75, 3.05) is 14.2 Å². The van der Waals surface area contributed by atoms with Crippen LogP contribution < -0.4 is 0 Å². The van der Waals surface area contributed by atoms with Gasteiger partial charge in [-0.15, -0.1) is 11.3 Å². The van der Waals surface area contributed by atoms with E-state index in [9.17, 15) is 18.0 Å². The van der Waals surface area contributed by atoms with E-state index in [2.05, 4.69) is 4.74 Å². The number of methoxy groups -OCH3 is 1. The Bertz CT molecular complexity index is 635. The van der Waals surface area contributed by atoms with Crippen LogP contribution in [0, 0.1) is 0 Å². The van der Waals surface area contributed by atoms with Crippen LogP contribution in [-0.4, -0.2) is 44.7 Å². The number of hydrogen-bond acceptors (Lipinski definition) is 6. The number of carbonyl (C=O) groups is 2. The first kappa shape index (κ1) is 13.5. The Labute approximate surface area is 112 Å². The molecule has 1 aromatic rings. The lowest BCUT2D eigenvalue weighted by atomic mass is 10.1. The minimum absolute atomic E-state index is 0.0338. The molecule has 0 amide bonds. The molecule has 6 nitrogen and oxygen atoms in total. The van der Waals surface area contributed by atoms with E-state index in [4.69, 9.17) is 11.6 Å². The third kappa shape index (κ3) is 1.76. The van der Waals surface area contributed by atoms with Crippen molar-refractivity contribution in [2.24, 2.45) is 0 Å². The van der Waals surface area contributed by atoms with Crippen molar-refractivity contribution in [2.45, 2.75) is 10.9 Å². The van der Waals surface area contributed by atoms with E-state index in [1.165, 1.54) is 6.07 Å². The zero-order valence-corrected chi connectivity index (χ0v) is 11.7. The van der Waals surface area contributed by atoms with Crippen LogP contribution in [-0.2, 0) is 19.6 Å². The molecule has 9 heteroatoms. The van der Waals surface area contributed by atoms with Gasteiger partial charge in [-0.25, -0.2) is 13.2 Å². The van der Waals surface area contributed by atoms with Crippen LogP contribution in [0.3, 0.4) is 0 Å². The third-order valence-electron chi connectivity index (χ3n) is 2.59. The molecular weight excluding hydrogens is 302 g/mol. The molecule has 1 aliphatic rings. The highest BCUT2D eigenvalue weighted by Gasteiger charge is 2.47. The maximum atomic E-state index is 12.1. The number of rotatable bonds is 1. The summed E-state index contributed by atoms with van der Waals surface area (Å²) in [5.41, 5.74) is 0. The van der Waals surface area contributed by atoms with Crippen molar-refractivity contribution in [3.63, 3.8) is 0 Å². The summed E-state index contributed by atoms with van der Waals surface area (Å²) in [4.78, 5) is 23.4. The molecule has 1 aromatic heterocycles. The summed E-state index contributed by atoms with van der Waals surface area (Å²) in [7, 11) is -1.65. The van der Waals surface area contributed by atoms with Crippen LogP contribution >= 0.6 is 22.9 Å². The molecule has 2 rings (SSSR count). The SMILES string of the molecule is COC(=O)C1C(=O)c2sc(Cl)cc2S(=O)(=O)N1C. The van der Waals surface area contributed by atoms with Gasteiger partial charge in [0, 0.05) is 7.05 Å². The van der Waals surface area contributed by atoms with E-state index in [1.54, 1.807) is 0 Å². The lowest BCUT2D eigenvalue weighted by molar-refractivity contribution is -0.143. The number of sulfonamides is 1. The van der Waals surface area contributed by atoms with E-state index < -0.39 is 27.8 Å². The molecule has 0 spiro atoms. The summed E-state index contributed by atoms with van der Waals surface area (Å²) >= 11 is 6.56. The van der Waals surface area contributed by atoms with Gasteiger partial charge in [0.05, 0.1) is 16.3 Å². The molecule has 18 heavy (non-hydrogen) atoms. The average Bonchev–Trinajstić information content (AvgIpc) is 2.70. The molecule has 0 bridgehead atoms. The van der Waals surface area contributed by atoms with Crippen molar-refractivity contribution >= 4 is 44.7 Å². The summed E-state index contributed by atoms with van der Waals surface area (Å²) in [6.45, 7) is 0. The highest BCUT2D eigenvalue weighted by Crippen LogP contribution is 2.37. The number of carbonyl (C=O) groups excluding carboxylic acids is 2. The van der Waals surface area contributed by atoms with Crippen LogP contribution in [0.2, 0.25) is 4.34 Å². The van der Waals surface area contributed by atoms with E-state index in [-0.39, 0.29) is 14.1 Å². The third-order valence-corrected chi connectivity index (χ3v) is 5.84. The predicted octanol–water partition coefficient (Wildman–Crippen LogP) is 0.760. The lowest BCUT2D eigenvalue weighted by Crippen LogP contribution is -2.51. The predicted molar refractivity (Wildman–Crippen MR) is 64.4 cm³/mol. The molecule has 1 unspecified atom stereocenters. The van der Waals surface area contributed by atoms with Gasteiger partial charge in [-0.1, -0.05) is 11.6 Å². The maximum Gasteiger partial charge on any atom is 0.332 e. The average molecular weight is 310 g/mol. The quantitative estimate of drug-likeness (QED) is 0.565. The highest BCUT2D eigenvalue weighted by atomic mass is 35.5. The van der Waals surface area contributed by atoms with Gasteiger partial charge >= 0.3 is 5.97 Å². The van der Waals surface area contributed by atoms with Gasteiger partial charge in [0.15, 0.2) is 6.04 Å². The molecule has 98 valence electrons. The van der Waals surface area contributed by atoms with Crippen molar-refractivity contribution in [1.82, 2.24) is 4.31 Å². The second kappa shape index (κ2) is 4.30. The normalized spacial score (nSPS) is 22.6. The van der Waals surface area contributed by atoms with Crippen molar-refractivity contribution in [3.8, 4) is 0 Å². The Hall–Kier alpha value is -0.960. The Morgan fingerprint density at radius 2 is 2.17 bits per heavy atom. The smallest absolute Gasteiger partial charge is 0.332 e. The number of nitrogens with zero attached hydrogens (tertiary/aromatic N) is 1. The molecule has 0 fully saturated rings. The Morgan fingerprint density at radius 3 is 2.72 bits per heavy atom. The summed E-state index contributed by atoms with van der Waals surface area (Å²) in [6.07, 6.45) is 0. The van der Waals surface area contributed by atoms with Gasteiger partial charge in [0.2, 0.25) is 15.8 Å². The molecule has 0 radical (unpaired) electrons.